The van der Waals surface area contributed by atoms with Crippen molar-refractivity contribution in [2.75, 3.05) is 0 Å². The van der Waals surface area contributed by atoms with Crippen LogP contribution in [0.5, 0.6) is 0 Å². The van der Waals surface area contributed by atoms with Crippen molar-refractivity contribution in [2.24, 2.45) is 0 Å². The zero-order chi connectivity index (χ0) is 14.1. The lowest BCUT2D eigenvalue weighted by molar-refractivity contribution is -0.304. The van der Waals surface area contributed by atoms with E-state index in [1.165, 1.54) is 24.8 Å². The van der Waals surface area contributed by atoms with Gasteiger partial charge in [0.25, 0.3) is 0 Å². The zero-order valence-corrected chi connectivity index (χ0v) is 12.9. The molecule has 0 amide bonds. The van der Waals surface area contributed by atoms with Crippen molar-refractivity contribution in [3.05, 3.63) is 35.9 Å². The van der Waals surface area contributed by atoms with Crippen molar-refractivity contribution < 1.29 is 4.84 Å². The summed E-state index contributed by atoms with van der Waals surface area (Å²) >= 11 is 0. The van der Waals surface area contributed by atoms with E-state index in [4.69, 9.17) is 4.84 Å². The molecule has 1 fully saturated rings. The first-order chi connectivity index (χ1) is 8.83. The van der Waals surface area contributed by atoms with Crippen LogP contribution in [0.2, 0.25) is 0 Å². The summed E-state index contributed by atoms with van der Waals surface area (Å²) in [5.74, 6) is 0. The molecule has 0 aliphatic carbocycles. The molecule has 0 spiro atoms. The maximum absolute atomic E-state index is 6.34. The first-order valence-electron chi connectivity index (χ1n) is 7.35. The lowest BCUT2D eigenvalue weighted by Gasteiger charge is -2.52. The third-order valence-corrected chi connectivity index (χ3v) is 4.21. The summed E-state index contributed by atoms with van der Waals surface area (Å²) in [6.07, 6.45) is 3.76. The summed E-state index contributed by atoms with van der Waals surface area (Å²) < 4.78 is 0. The van der Waals surface area contributed by atoms with Crippen LogP contribution in [0, 0.1) is 0 Å². The van der Waals surface area contributed by atoms with Crippen LogP contribution in [-0.4, -0.2) is 16.1 Å². The van der Waals surface area contributed by atoms with Crippen LogP contribution in [0.1, 0.15) is 65.5 Å². The predicted octanol–water partition coefficient (Wildman–Crippen LogP) is 4.72. The van der Waals surface area contributed by atoms with Crippen molar-refractivity contribution in [1.29, 1.82) is 0 Å². The molecule has 0 bridgehead atoms. The van der Waals surface area contributed by atoms with Crippen LogP contribution in [0.15, 0.2) is 30.3 Å². The summed E-state index contributed by atoms with van der Waals surface area (Å²) in [6.45, 7) is 11.3. The molecule has 2 rings (SSSR count). The quantitative estimate of drug-likeness (QED) is 0.780. The van der Waals surface area contributed by atoms with Crippen molar-refractivity contribution in [3.8, 4) is 0 Å². The SMILES string of the molecule is C[C@H](ON1C(C)(C)CCCC1(C)C)c1ccccc1. The van der Waals surface area contributed by atoms with Gasteiger partial charge < -0.3 is 0 Å². The topological polar surface area (TPSA) is 12.5 Å². The molecule has 106 valence electrons. The van der Waals surface area contributed by atoms with Gasteiger partial charge in [0.05, 0.1) is 0 Å². The van der Waals surface area contributed by atoms with Crippen LogP contribution in [0.25, 0.3) is 0 Å². The number of hydrogen-bond acceptors (Lipinski definition) is 2. The molecule has 0 aromatic heterocycles. The van der Waals surface area contributed by atoms with Gasteiger partial charge in [-0.05, 0) is 59.4 Å². The molecule has 0 unspecified atom stereocenters. The molecule has 1 aliphatic rings. The highest BCUT2D eigenvalue weighted by molar-refractivity contribution is 5.16. The second kappa shape index (κ2) is 5.26. The van der Waals surface area contributed by atoms with Crippen LogP contribution >= 0.6 is 0 Å². The Bertz CT molecular complexity index is 395. The summed E-state index contributed by atoms with van der Waals surface area (Å²) in [7, 11) is 0. The molecule has 1 saturated heterocycles. The lowest BCUT2D eigenvalue weighted by Crippen LogP contribution is -2.58. The largest absolute Gasteiger partial charge is 0.290 e. The van der Waals surface area contributed by atoms with Crippen LogP contribution in [-0.2, 0) is 4.84 Å². The molecule has 19 heavy (non-hydrogen) atoms. The third-order valence-electron chi connectivity index (χ3n) is 4.21. The fraction of sp³-hybridized carbons (Fsp3) is 0.647. The fourth-order valence-electron chi connectivity index (χ4n) is 3.20. The first kappa shape index (κ1) is 14.5. The second-order valence-electron chi connectivity index (χ2n) is 6.93. The van der Waals surface area contributed by atoms with Crippen LogP contribution in [0.3, 0.4) is 0 Å². The van der Waals surface area contributed by atoms with Gasteiger partial charge in [-0.15, -0.1) is 0 Å². The number of benzene rings is 1. The van der Waals surface area contributed by atoms with E-state index < -0.39 is 0 Å². The minimum Gasteiger partial charge on any atom is -0.290 e. The smallest absolute Gasteiger partial charge is 0.102 e. The first-order valence-corrected chi connectivity index (χ1v) is 7.35. The van der Waals surface area contributed by atoms with Crippen LogP contribution < -0.4 is 0 Å². The van der Waals surface area contributed by atoms with E-state index in [2.05, 4.69) is 63.9 Å². The van der Waals surface area contributed by atoms with Gasteiger partial charge in [0.1, 0.15) is 6.10 Å². The number of hydroxylamine groups is 2. The Kier molecular flexibility index (Phi) is 4.03. The normalized spacial score (nSPS) is 24.1. The summed E-state index contributed by atoms with van der Waals surface area (Å²) in [6, 6.07) is 10.5. The average molecular weight is 261 g/mol. The van der Waals surface area contributed by atoms with Gasteiger partial charge in [0, 0.05) is 11.1 Å². The molecule has 1 aliphatic heterocycles. The van der Waals surface area contributed by atoms with Crippen LogP contribution in [0.4, 0.5) is 0 Å². The molecule has 1 aromatic rings. The van der Waals surface area contributed by atoms with E-state index in [1.807, 2.05) is 6.07 Å². The van der Waals surface area contributed by atoms with Crippen molar-refractivity contribution >= 4 is 0 Å². The Morgan fingerprint density at radius 1 is 1.00 bits per heavy atom. The van der Waals surface area contributed by atoms with Gasteiger partial charge in [0.15, 0.2) is 0 Å². The Labute approximate surface area is 117 Å². The maximum atomic E-state index is 6.34. The molecule has 2 nitrogen and oxygen atoms in total. The molecule has 1 aromatic carbocycles. The Hall–Kier alpha value is -0.860. The monoisotopic (exact) mass is 261 g/mol. The molecule has 2 heteroatoms. The van der Waals surface area contributed by atoms with Gasteiger partial charge >= 0.3 is 0 Å². The Morgan fingerprint density at radius 3 is 2.05 bits per heavy atom. The van der Waals surface area contributed by atoms with E-state index in [1.54, 1.807) is 0 Å². The summed E-state index contributed by atoms with van der Waals surface area (Å²) in [5.41, 5.74) is 1.44. The highest BCUT2D eigenvalue weighted by Crippen LogP contribution is 2.40. The fourth-order valence-corrected chi connectivity index (χ4v) is 3.20. The molecular formula is C17H27NO. The maximum Gasteiger partial charge on any atom is 0.102 e. The molecule has 1 atom stereocenters. The Balaban J connectivity index is 2.15. The minimum atomic E-state index is 0.0952. The number of hydrogen-bond donors (Lipinski definition) is 0. The predicted molar refractivity (Wildman–Crippen MR) is 79.8 cm³/mol. The molecule has 0 saturated carbocycles. The van der Waals surface area contributed by atoms with Gasteiger partial charge in [-0.3, -0.25) is 4.84 Å². The van der Waals surface area contributed by atoms with E-state index >= 15 is 0 Å². The highest BCUT2D eigenvalue weighted by Gasteiger charge is 2.43. The molecule has 0 radical (unpaired) electrons. The van der Waals surface area contributed by atoms with Gasteiger partial charge in [-0.1, -0.05) is 30.3 Å². The van der Waals surface area contributed by atoms with Crippen molar-refractivity contribution in [3.63, 3.8) is 0 Å². The second-order valence-corrected chi connectivity index (χ2v) is 6.93. The van der Waals surface area contributed by atoms with Gasteiger partial charge in [0.2, 0.25) is 0 Å². The average Bonchev–Trinajstić information content (AvgIpc) is 2.34. The molecular weight excluding hydrogens is 234 g/mol. The third kappa shape index (κ3) is 3.18. The zero-order valence-electron chi connectivity index (χ0n) is 12.9. The number of rotatable bonds is 3. The van der Waals surface area contributed by atoms with E-state index in [9.17, 15) is 0 Å². The van der Waals surface area contributed by atoms with E-state index in [-0.39, 0.29) is 17.2 Å². The summed E-state index contributed by atoms with van der Waals surface area (Å²) in [4.78, 5) is 6.34. The Morgan fingerprint density at radius 2 is 1.53 bits per heavy atom. The number of piperidine rings is 1. The van der Waals surface area contributed by atoms with E-state index in [0.29, 0.717) is 0 Å². The number of nitrogens with zero attached hydrogens (tertiary/aromatic N) is 1. The van der Waals surface area contributed by atoms with Crippen molar-refractivity contribution in [1.82, 2.24) is 5.06 Å². The van der Waals surface area contributed by atoms with Gasteiger partial charge in [-0.2, -0.15) is 5.06 Å². The summed E-state index contributed by atoms with van der Waals surface area (Å²) in [5, 5.41) is 2.24. The lowest BCUT2D eigenvalue weighted by atomic mass is 9.82. The van der Waals surface area contributed by atoms with Gasteiger partial charge in [-0.25, -0.2) is 0 Å². The molecule has 0 N–H and O–H groups in total. The molecule has 1 heterocycles. The highest BCUT2D eigenvalue weighted by atomic mass is 16.7. The minimum absolute atomic E-state index is 0.0952. The standard InChI is InChI=1S/C17H27NO/c1-14(15-10-7-6-8-11-15)19-18-16(2,3)12-9-13-17(18,4)5/h6-8,10-11,14H,9,12-13H2,1-5H3/t14-/m0/s1. The van der Waals surface area contributed by atoms with E-state index in [0.717, 1.165) is 0 Å². The van der Waals surface area contributed by atoms with Crippen molar-refractivity contribution in [2.45, 2.75) is 71.1 Å².